The summed E-state index contributed by atoms with van der Waals surface area (Å²) in [7, 11) is 0. The van der Waals surface area contributed by atoms with E-state index in [2.05, 4.69) is 39.8 Å². The van der Waals surface area contributed by atoms with Crippen molar-refractivity contribution in [3.8, 4) is 0 Å². The highest BCUT2D eigenvalue weighted by Gasteiger charge is 2.35. The Kier molecular flexibility index (Phi) is 8.52. The van der Waals surface area contributed by atoms with Crippen LogP contribution in [0.4, 0.5) is 9.59 Å². The second-order valence-corrected chi connectivity index (χ2v) is 10.8. The van der Waals surface area contributed by atoms with E-state index in [9.17, 15) is 9.59 Å². The van der Waals surface area contributed by atoms with Gasteiger partial charge in [0.25, 0.3) is 0 Å². The van der Waals surface area contributed by atoms with Gasteiger partial charge in [-0.1, -0.05) is 73.5 Å². The lowest BCUT2D eigenvalue weighted by molar-refractivity contribution is 0.00813. The lowest BCUT2D eigenvalue weighted by Gasteiger charge is -2.43. The Morgan fingerprint density at radius 2 is 1.42 bits per heavy atom. The van der Waals surface area contributed by atoms with Gasteiger partial charge >= 0.3 is 12.1 Å². The Bertz CT molecular complexity index is 979. The highest BCUT2D eigenvalue weighted by molar-refractivity contribution is 5.75. The molecule has 1 aliphatic heterocycles. The molecule has 2 N–H and O–H groups in total. The first-order valence-corrected chi connectivity index (χ1v) is 13.2. The average molecular weight is 493 g/mol. The van der Waals surface area contributed by atoms with Crippen molar-refractivity contribution in [2.24, 2.45) is 0 Å². The topological polar surface area (TPSA) is 73.9 Å². The van der Waals surface area contributed by atoms with Gasteiger partial charge in [0.1, 0.15) is 5.60 Å². The first-order chi connectivity index (χ1) is 17.3. The Morgan fingerprint density at radius 3 is 1.97 bits per heavy atom. The van der Waals surface area contributed by atoms with Crippen LogP contribution < -0.4 is 10.6 Å². The molecule has 1 heterocycles. The van der Waals surface area contributed by atoms with Crippen LogP contribution in [0, 0.1) is 0 Å². The summed E-state index contributed by atoms with van der Waals surface area (Å²) >= 11 is 0. The first kappa shape index (κ1) is 26.0. The second kappa shape index (κ2) is 11.8. The predicted molar refractivity (Wildman–Crippen MR) is 142 cm³/mol. The van der Waals surface area contributed by atoms with Crippen LogP contribution in [0.5, 0.6) is 0 Å². The van der Waals surface area contributed by atoms with E-state index in [1.165, 1.54) is 12.8 Å². The number of benzene rings is 2. The molecule has 2 aliphatic rings. The molecular weight excluding hydrogens is 452 g/mol. The van der Waals surface area contributed by atoms with Gasteiger partial charge in [-0.3, -0.25) is 4.90 Å². The van der Waals surface area contributed by atoms with Gasteiger partial charge in [-0.05, 0) is 44.7 Å². The molecule has 2 atom stereocenters. The second-order valence-electron chi connectivity index (χ2n) is 10.8. The number of hydrogen-bond donors (Lipinski definition) is 2. The summed E-state index contributed by atoms with van der Waals surface area (Å²) < 4.78 is 5.59. The van der Waals surface area contributed by atoms with Gasteiger partial charge in [0.15, 0.2) is 0 Å². The fourth-order valence-electron chi connectivity index (χ4n) is 5.22. The number of rotatable bonds is 6. The summed E-state index contributed by atoms with van der Waals surface area (Å²) in [6, 6.07) is 20.3. The number of urea groups is 1. The molecule has 3 amide bonds. The Hall–Kier alpha value is -3.06. The fraction of sp³-hybridized carbons (Fsp3) is 0.517. The summed E-state index contributed by atoms with van der Waals surface area (Å²) in [5.74, 6) is 0. The molecular formula is C29H40N4O3. The molecule has 1 saturated carbocycles. The van der Waals surface area contributed by atoms with E-state index in [1.54, 1.807) is 4.90 Å². The maximum Gasteiger partial charge on any atom is 0.410 e. The molecule has 0 aromatic heterocycles. The molecule has 0 bridgehead atoms. The van der Waals surface area contributed by atoms with Gasteiger partial charge in [-0.25, -0.2) is 9.59 Å². The number of nitrogens with one attached hydrogen (secondary N) is 2. The van der Waals surface area contributed by atoms with E-state index >= 15 is 0 Å². The zero-order valence-electron chi connectivity index (χ0n) is 21.8. The van der Waals surface area contributed by atoms with E-state index in [4.69, 9.17) is 4.74 Å². The van der Waals surface area contributed by atoms with Gasteiger partial charge in [0.2, 0.25) is 0 Å². The SMILES string of the molecule is CC(C)(C)OC(=O)N1CCN([C@@H](c2ccccc2)[C@H](NC(=O)NC2CCCC2)c2ccccc2)CC1. The molecule has 194 valence electrons. The molecule has 0 spiro atoms. The van der Waals surface area contributed by atoms with Crippen LogP contribution >= 0.6 is 0 Å². The molecule has 2 aromatic rings. The zero-order valence-corrected chi connectivity index (χ0v) is 21.8. The van der Waals surface area contributed by atoms with E-state index in [-0.39, 0.29) is 30.2 Å². The first-order valence-electron chi connectivity index (χ1n) is 13.2. The molecule has 0 radical (unpaired) electrons. The number of ether oxygens (including phenoxy) is 1. The van der Waals surface area contributed by atoms with Crippen LogP contribution in [0.3, 0.4) is 0 Å². The largest absolute Gasteiger partial charge is 0.444 e. The Labute approximate surface area is 215 Å². The predicted octanol–water partition coefficient (Wildman–Crippen LogP) is 5.26. The zero-order chi connectivity index (χ0) is 25.5. The third-order valence-electron chi connectivity index (χ3n) is 6.95. The number of carbonyl (C=O) groups excluding carboxylic acids is 2. The quantitative estimate of drug-likeness (QED) is 0.577. The number of carbonyl (C=O) groups is 2. The lowest BCUT2D eigenvalue weighted by Crippen LogP contribution is -2.53. The van der Waals surface area contributed by atoms with Crippen LogP contribution in [0.25, 0.3) is 0 Å². The summed E-state index contributed by atoms with van der Waals surface area (Å²) in [4.78, 5) is 30.0. The minimum atomic E-state index is -0.518. The third-order valence-corrected chi connectivity index (χ3v) is 6.95. The van der Waals surface area contributed by atoms with Crippen molar-refractivity contribution in [1.82, 2.24) is 20.4 Å². The van der Waals surface area contributed by atoms with E-state index in [0.29, 0.717) is 26.2 Å². The van der Waals surface area contributed by atoms with E-state index in [1.807, 2.05) is 57.2 Å². The van der Waals surface area contributed by atoms with Gasteiger partial charge in [0.05, 0.1) is 12.1 Å². The van der Waals surface area contributed by atoms with Crippen LogP contribution in [-0.4, -0.2) is 59.7 Å². The maximum atomic E-state index is 13.2. The fourth-order valence-corrected chi connectivity index (χ4v) is 5.22. The lowest BCUT2D eigenvalue weighted by atomic mass is 9.91. The van der Waals surface area contributed by atoms with Crippen LogP contribution in [0.2, 0.25) is 0 Å². The smallest absolute Gasteiger partial charge is 0.410 e. The van der Waals surface area contributed by atoms with Crippen molar-refractivity contribution in [3.63, 3.8) is 0 Å². The molecule has 7 heteroatoms. The van der Waals surface area contributed by atoms with Crippen molar-refractivity contribution in [1.29, 1.82) is 0 Å². The van der Waals surface area contributed by atoms with Gasteiger partial charge in [-0.2, -0.15) is 0 Å². The van der Waals surface area contributed by atoms with Crippen molar-refractivity contribution in [3.05, 3.63) is 71.8 Å². The van der Waals surface area contributed by atoms with Crippen LogP contribution in [0.15, 0.2) is 60.7 Å². The van der Waals surface area contributed by atoms with Crippen molar-refractivity contribution in [2.45, 2.75) is 70.2 Å². The monoisotopic (exact) mass is 492 g/mol. The molecule has 2 fully saturated rings. The minimum absolute atomic E-state index is 0.0799. The van der Waals surface area contributed by atoms with Gasteiger partial charge < -0.3 is 20.3 Å². The third kappa shape index (κ3) is 7.00. The minimum Gasteiger partial charge on any atom is -0.444 e. The van der Waals surface area contributed by atoms with Crippen molar-refractivity contribution < 1.29 is 14.3 Å². The molecule has 7 nitrogen and oxygen atoms in total. The number of amides is 3. The molecule has 1 saturated heterocycles. The molecule has 0 unspecified atom stereocenters. The van der Waals surface area contributed by atoms with E-state index in [0.717, 1.165) is 24.0 Å². The Balaban J connectivity index is 1.56. The van der Waals surface area contributed by atoms with E-state index < -0.39 is 5.60 Å². The highest BCUT2D eigenvalue weighted by Crippen LogP contribution is 2.35. The maximum absolute atomic E-state index is 13.2. The van der Waals surface area contributed by atoms with Crippen molar-refractivity contribution >= 4 is 12.1 Å². The van der Waals surface area contributed by atoms with Crippen molar-refractivity contribution in [2.75, 3.05) is 26.2 Å². The summed E-state index contributed by atoms with van der Waals surface area (Å²) in [5, 5.41) is 6.52. The van der Waals surface area contributed by atoms with Crippen LogP contribution in [0.1, 0.15) is 69.7 Å². The van der Waals surface area contributed by atoms with Gasteiger partial charge in [-0.15, -0.1) is 0 Å². The highest BCUT2D eigenvalue weighted by atomic mass is 16.6. The molecule has 4 rings (SSSR count). The van der Waals surface area contributed by atoms with Crippen LogP contribution in [-0.2, 0) is 4.74 Å². The normalized spacial score (nSPS) is 18.9. The summed E-state index contributed by atoms with van der Waals surface area (Å²) in [5.41, 5.74) is 1.68. The number of nitrogens with zero attached hydrogens (tertiary/aromatic N) is 2. The average Bonchev–Trinajstić information content (AvgIpc) is 3.37. The summed E-state index contributed by atoms with van der Waals surface area (Å²) in [6.07, 6.45) is 4.15. The number of piperazine rings is 1. The van der Waals surface area contributed by atoms with Gasteiger partial charge in [0, 0.05) is 32.2 Å². The molecule has 2 aromatic carbocycles. The standard InChI is InChI=1S/C29H40N4O3/c1-29(2,3)36-28(35)33-20-18-32(19-21-33)26(23-14-8-5-9-15-23)25(22-12-6-4-7-13-22)31-27(34)30-24-16-10-11-17-24/h4-9,12-15,24-26H,10-11,16-21H2,1-3H3,(H2,30,31,34)/t25-,26+/m1/s1. The summed E-state index contributed by atoms with van der Waals surface area (Å²) in [6.45, 7) is 8.20. The molecule has 36 heavy (non-hydrogen) atoms. The number of hydrogen-bond acceptors (Lipinski definition) is 4. The Morgan fingerprint density at radius 1 is 0.861 bits per heavy atom. The molecule has 1 aliphatic carbocycles.